The van der Waals surface area contributed by atoms with Crippen molar-refractivity contribution in [2.24, 2.45) is 0 Å². The van der Waals surface area contributed by atoms with Crippen molar-refractivity contribution in [1.29, 1.82) is 0 Å². The van der Waals surface area contributed by atoms with Crippen LogP contribution >= 0.6 is 0 Å². The molecule has 5 nitrogen and oxygen atoms in total. The SMILES string of the molecule is Cc1ccc(S(=O)(=O)N(c2ccc(-c3ccccc3)cc2)C(C)(C)C)cc1C(=O)O. The molecule has 0 fully saturated rings. The normalized spacial score (nSPS) is 11.9. The van der Waals surface area contributed by atoms with Gasteiger partial charge in [-0.05, 0) is 68.7 Å². The van der Waals surface area contributed by atoms with Crippen molar-refractivity contribution < 1.29 is 18.3 Å². The molecule has 0 aliphatic carbocycles. The highest BCUT2D eigenvalue weighted by Crippen LogP contribution is 2.33. The first-order chi connectivity index (χ1) is 14.0. The van der Waals surface area contributed by atoms with Crippen molar-refractivity contribution in [3.05, 3.63) is 83.9 Å². The third-order valence-corrected chi connectivity index (χ3v) is 6.88. The van der Waals surface area contributed by atoms with E-state index in [1.165, 1.54) is 22.5 Å². The Kier molecular flexibility index (Phi) is 5.72. The lowest BCUT2D eigenvalue weighted by atomic mass is 10.0. The van der Waals surface area contributed by atoms with E-state index in [2.05, 4.69) is 0 Å². The van der Waals surface area contributed by atoms with Gasteiger partial charge in [0.15, 0.2) is 0 Å². The third kappa shape index (κ3) is 4.24. The lowest BCUT2D eigenvalue weighted by molar-refractivity contribution is 0.0696. The smallest absolute Gasteiger partial charge is 0.335 e. The molecule has 0 radical (unpaired) electrons. The van der Waals surface area contributed by atoms with Crippen molar-refractivity contribution in [1.82, 2.24) is 0 Å². The number of sulfonamides is 1. The zero-order chi connectivity index (χ0) is 22.1. The first-order valence-corrected chi connectivity index (χ1v) is 11.0. The van der Waals surface area contributed by atoms with Crippen molar-refractivity contribution in [2.75, 3.05) is 4.31 Å². The highest BCUT2D eigenvalue weighted by atomic mass is 32.2. The molecule has 0 saturated heterocycles. The molecule has 1 N–H and O–H groups in total. The van der Waals surface area contributed by atoms with Gasteiger partial charge in [0.25, 0.3) is 10.0 Å². The molecular formula is C24H25NO4S. The Balaban J connectivity index is 2.09. The van der Waals surface area contributed by atoms with Gasteiger partial charge in [-0.1, -0.05) is 48.5 Å². The maximum atomic E-state index is 13.6. The number of carbonyl (C=O) groups is 1. The number of aromatic carboxylic acids is 1. The van der Waals surface area contributed by atoms with E-state index in [1.54, 1.807) is 19.1 Å². The number of carboxylic acid groups (broad SMARTS) is 1. The van der Waals surface area contributed by atoms with Crippen LogP contribution in [-0.4, -0.2) is 25.0 Å². The van der Waals surface area contributed by atoms with Crippen LogP contribution in [0.1, 0.15) is 36.7 Å². The minimum Gasteiger partial charge on any atom is -0.478 e. The average molecular weight is 424 g/mol. The zero-order valence-electron chi connectivity index (χ0n) is 17.5. The number of hydrogen-bond donors (Lipinski definition) is 1. The molecule has 0 aliphatic rings. The molecule has 0 spiro atoms. The number of nitrogens with zero attached hydrogens (tertiary/aromatic N) is 1. The Morgan fingerprint density at radius 1 is 0.867 bits per heavy atom. The van der Waals surface area contributed by atoms with Crippen molar-refractivity contribution in [3.63, 3.8) is 0 Å². The van der Waals surface area contributed by atoms with Crippen LogP contribution in [0.5, 0.6) is 0 Å². The van der Waals surface area contributed by atoms with Gasteiger partial charge in [-0.2, -0.15) is 0 Å². The highest BCUT2D eigenvalue weighted by molar-refractivity contribution is 7.93. The molecule has 3 aromatic carbocycles. The van der Waals surface area contributed by atoms with Crippen molar-refractivity contribution in [3.8, 4) is 11.1 Å². The molecule has 0 unspecified atom stereocenters. The summed E-state index contributed by atoms with van der Waals surface area (Å²) in [6.45, 7) is 7.07. The Morgan fingerprint density at radius 2 is 1.43 bits per heavy atom. The summed E-state index contributed by atoms with van der Waals surface area (Å²) in [5.74, 6) is -1.15. The summed E-state index contributed by atoms with van der Waals surface area (Å²) in [6.07, 6.45) is 0. The Morgan fingerprint density at radius 3 is 1.97 bits per heavy atom. The van der Waals surface area contributed by atoms with Gasteiger partial charge in [-0.3, -0.25) is 4.31 Å². The largest absolute Gasteiger partial charge is 0.478 e. The van der Waals surface area contributed by atoms with Crippen molar-refractivity contribution >= 4 is 21.7 Å². The van der Waals surface area contributed by atoms with E-state index in [0.717, 1.165) is 11.1 Å². The summed E-state index contributed by atoms with van der Waals surface area (Å²) in [5.41, 5.74) is 2.26. The zero-order valence-corrected chi connectivity index (χ0v) is 18.3. The number of hydrogen-bond acceptors (Lipinski definition) is 3. The van der Waals surface area contributed by atoms with Crippen LogP contribution in [0.2, 0.25) is 0 Å². The lowest BCUT2D eigenvalue weighted by Gasteiger charge is -2.36. The number of aryl methyl sites for hydroxylation is 1. The lowest BCUT2D eigenvalue weighted by Crippen LogP contribution is -2.45. The van der Waals surface area contributed by atoms with Gasteiger partial charge in [0, 0.05) is 5.54 Å². The highest BCUT2D eigenvalue weighted by Gasteiger charge is 2.34. The molecular weight excluding hydrogens is 398 g/mol. The maximum absolute atomic E-state index is 13.6. The molecule has 0 heterocycles. The van der Waals surface area contributed by atoms with Crippen LogP contribution in [0.25, 0.3) is 11.1 Å². The standard InChI is InChI=1S/C24H25NO4S/c1-17-10-15-21(16-22(17)23(26)27)30(28,29)25(24(2,3)4)20-13-11-19(12-14-20)18-8-6-5-7-9-18/h5-16H,1-4H3,(H,26,27). The summed E-state index contributed by atoms with van der Waals surface area (Å²) < 4.78 is 28.4. The van der Waals surface area contributed by atoms with E-state index in [9.17, 15) is 18.3 Å². The molecule has 0 amide bonds. The molecule has 6 heteroatoms. The fraction of sp³-hybridized carbons (Fsp3) is 0.208. The molecule has 156 valence electrons. The second-order valence-electron chi connectivity index (χ2n) is 8.14. The molecule has 30 heavy (non-hydrogen) atoms. The van der Waals surface area contributed by atoms with E-state index < -0.39 is 21.5 Å². The Hall–Kier alpha value is -3.12. The fourth-order valence-corrected chi connectivity index (χ4v) is 5.24. The summed E-state index contributed by atoms with van der Waals surface area (Å²) >= 11 is 0. The van der Waals surface area contributed by atoms with Crippen LogP contribution in [0.3, 0.4) is 0 Å². The number of carboxylic acids is 1. The minimum absolute atomic E-state index is 0.0237. The van der Waals surface area contributed by atoms with E-state index in [4.69, 9.17) is 0 Å². The van der Waals surface area contributed by atoms with Crippen molar-refractivity contribution in [2.45, 2.75) is 38.1 Å². The van der Waals surface area contributed by atoms with Crippen LogP contribution in [0.4, 0.5) is 5.69 Å². The van der Waals surface area contributed by atoms with Crippen LogP contribution in [-0.2, 0) is 10.0 Å². The molecule has 3 rings (SSSR count). The predicted molar refractivity (Wildman–Crippen MR) is 119 cm³/mol. The van der Waals surface area contributed by atoms with Crippen LogP contribution < -0.4 is 4.31 Å². The number of anilines is 1. The van der Waals surface area contributed by atoms with Gasteiger partial charge >= 0.3 is 5.97 Å². The predicted octanol–water partition coefficient (Wildman–Crippen LogP) is 5.35. The molecule has 0 bridgehead atoms. The number of rotatable bonds is 5. The van der Waals surface area contributed by atoms with Gasteiger partial charge in [0.2, 0.25) is 0 Å². The van der Waals surface area contributed by atoms with Crippen LogP contribution in [0, 0.1) is 6.92 Å². The van der Waals surface area contributed by atoms with E-state index >= 15 is 0 Å². The minimum atomic E-state index is -3.99. The van der Waals surface area contributed by atoms with Crippen LogP contribution in [0.15, 0.2) is 77.7 Å². The third-order valence-electron chi connectivity index (χ3n) is 4.80. The Bertz CT molecular complexity index is 1160. The quantitative estimate of drug-likeness (QED) is 0.600. The second-order valence-corrected chi connectivity index (χ2v) is 9.92. The van der Waals surface area contributed by atoms with E-state index in [-0.39, 0.29) is 10.5 Å². The summed E-state index contributed by atoms with van der Waals surface area (Å²) in [5, 5.41) is 9.40. The summed E-state index contributed by atoms with van der Waals surface area (Å²) in [4.78, 5) is 11.5. The van der Waals surface area contributed by atoms with Gasteiger partial charge in [-0.25, -0.2) is 13.2 Å². The summed E-state index contributed by atoms with van der Waals surface area (Å²) in [7, 11) is -3.99. The van der Waals surface area contributed by atoms with E-state index in [0.29, 0.717) is 11.3 Å². The maximum Gasteiger partial charge on any atom is 0.335 e. The molecule has 0 aromatic heterocycles. The van der Waals surface area contributed by atoms with E-state index in [1.807, 2.05) is 63.2 Å². The van der Waals surface area contributed by atoms with Gasteiger partial charge in [0.1, 0.15) is 0 Å². The molecule has 0 atom stereocenters. The molecule has 0 aliphatic heterocycles. The van der Waals surface area contributed by atoms with Gasteiger partial charge in [-0.15, -0.1) is 0 Å². The monoisotopic (exact) mass is 423 g/mol. The molecule has 3 aromatic rings. The van der Waals surface area contributed by atoms with Gasteiger partial charge < -0.3 is 5.11 Å². The van der Waals surface area contributed by atoms with Gasteiger partial charge in [0.05, 0.1) is 16.1 Å². The molecule has 0 saturated carbocycles. The Labute approximate surface area is 177 Å². The fourth-order valence-electron chi connectivity index (χ4n) is 3.40. The summed E-state index contributed by atoms with van der Waals surface area (Å²) in [6, 6.07) is 21.4. The topological polar surface area (TPSA) is 74.7 Å². The average Bonchev–Trinajstić information content (AvgIpc) is 2.68. The first-order valence-electron chi connectivity index (χ1n) is 9.57. The first kappa shape index (κ1) is 21.6. The second kappa shape index (κ2) is 7.95. The number of benzene rings is 3.